The number of sulfonamides is 1. The van der Waals surface area contributed by atoms with Crippen molar-refractivity contribution in [3.05, 3.63) is 60.3 Å². The number of likely N-dealkylation sites (tertiary alicyclic amines) is 1. The molecule has 0 aliphatic carbocycles. The Kier molecular flexibility index (Phi) is 6.69. The highest BCUT2D eigenvalue weighted by atomic mass is 32.2. The van der Waals surface area contributed by atoms with Gasteiger partial charge in [0.1, 0.15) is 11.9 Å². The third kappa shape index (κ3) is 5.28. The molecule has 2 amide bonds. The zero-order valence-corrected chi connectivity index (χ0v) is 19.9. The minimum Gasteiger partial charge on any atom is -0.362 e. The number of aromatic nitrogens is 1. The van der Waals surface area contributed by atoms with E-state index in [1.54, 1.807) is 0 Å². The van der Waals surface area contributed by atoms with Gasteiger partial charge >= 0.3 is 0 Å². The summed E-state index contributed by atoms with van der Waals surface area (Å²) in [6.45, 7) is 2.14. The molecule has 2 heterocycles. The van der Waals surface area contributed by atoms with Crippen molar-refractivity contribution in [2.45, 2.75) is 37.1 Å². The lowest BCUT2D eigenvalue weighted by Gasteiger charge is -2.17. The number of hydrogen-bond acceptors (Lipinski definition) is 4. The van der Waals surface area contributed by atoms with Crippen molar-refractivity contribution >= 4 is 44.3 Å². The summed E-state index contributed by atoms with van der Waals surface area (Å²) in [6, 6.07) is 12.8. The second-order valence-corrected chi connectivity index (χ2v) is 9.94. The predicted molar refractivity (Wildman–Crippen MR) is 131 cm³/mol. The van der Waals surface area contributed by atoms with Crippen LogP contribution in [0.1, 0.15) is 25.3 Å². The molecule has 10 heteroatoms. The lowest BCUT2D eigenvalue weighted by atomic mass is 10.0. The molecular weight excluding hydrogens is 454 g/mol. The Morgan fingerprint density at radius 2 is 1.88 bits per heavy atom. The van der Waals surface area contributed by atoms with E-state index in [4.69, 9.17) is 0 Å². The van der Waals surface area contributed by atoms with Crippen molar-refractivity contribution < 1.29 is 18.0 Å². The van der Waals surface area contributed by atoms with Crippen LogP contribution in [0.2, 0.25) is 0 Å². The molecule has 1 aliphatic rings. The van der Waals surface area contributed by atoms with Crippen molar-refractivity contribution in [1.82, 2.24) is 15.2 Å². The van der Waals surface area contributed by atoms with Gasteiger partial charge in [-0.25, -0.2) is 0 Å². The molecule has 9 nitrogen and oxygen atoms in total. The summed E-state index contributed by atoms with van der Waals surface area (Å²) in [5.41, 5.74) is 2.27. The van der Waals surface area contributed by atoms with Crippen LogP contribution >= 0.6 is 0 Å². The fourth-order valence-corrected chi connectivity index (χ4v) is 5.11. The van der Waals surface area contributed by atoms with Gasteiger partial charge in [-0.05, 0) is 42.3 Å². The number of amides is 2. The number of para-hydroxylation sites is 1. The van der Waals surface area contributed by atoms with Gasteiger partial charge in [-0.2, -0.15) is 8.42 Å². The van der Waals surface area contributed by atoms with Gasteiger partial charge in [-0.3, -0.25) is 9.59 Å². The van der Waals surface area contributed by atoms with Gasteiger partial charge in [-0.1, -0.05) is 18.2 Å². The molecule has 3 aromatic rings. The van der Waals surface area contributed by atoms with Gasteiger partial charge < -0.3 is 20.5 Å². The van der Waals surface area contributed by atoms with Crippen molar-refractivity contribution in [2.75, 3.05) is 18.9 Å². The summed E-state index contributed by atoms with van der Waals surface area (Å²) < 4.78 is 29.2. The maximum Gasteiger partial charge on any atom is 0.283 e. The second kappa shape index (κ2) is 9.68. The van der Waals surface area contributed by atoms with Gasteiger partial charge in [-0.15, -0.1) is 4.40 Å². The van der Waals surface area contributed by atoms with Gasteiger partial charge in [0.2, 0.25) is 11.8 Å². The number of benzene rings is 2. The number of anilines is 1. The molecule has 3 N–H and O–H groups in total. The van der Waals surface area contributed by atoms with Crippen LogP contribution in [0.4, 0.5) is 5.69 Å². The van der Waals surface area contributed by atoms with Crippen LogP contribution in [0.25, 0.3) is 10.9 Å². The van der Waals surface area contributed by atoms with Gasteiger partial charge in [0.15, 0.2) is 0 Å². The zero-order valence-electron chi connectivity index (χ0n) is 19.0. The third-order valence-corrected chi connectivity index (χ3v) is 7.09. The number of nitrogens with one attached hydrogen (secondary N) is 3. The average molecular weight is 482 g/mol. The van der Waals surface area contributed by atoms with Crippen LogP contribution in [-0.4, -0.2) is 55.6 Å². The first kappa shape index (κ1) is 23.5. The molecular formula is C24H27N5O4S. The molecule has 178 valence electrons. The molecule has 1 fully saturated rings. The Bertz CT molecular complexity index is 1350. The number of nitrogens with zero attached hydrogens (tertiary/aromatic N) is 2. The minimum absolute atomic E-state index is 0.0514. The summed E-state index contributed by atoms with van der Waals surface area (Å²) >= 11 is 0. The van der Waals surface area contributed by atoms with E-state index in [1.165, 1.54) is 31.2 Å². The maximum absolute atomic E-state index is 13.0. The van der Waals surface area contributed by atoms with E-state index in [-0.39, 0.29) is 10.8 Å². The molecule has 0 saturated carbocycles. The number of H-pyrrole nitrogens is 1. The summed E-state index contributed by atoms with van der Waals surface area (Å²) in [5.74, 6) is -0.172. The van der Waals surface area contributed by atoms with Crippen LogP contribution < -0.4 is 10.6 Å². The number of hydrogen-bond donors (Lipinski definition) is 3. The highest BCUT2D eigenvalue weighted by molar-refractivity contribution is 7.90. The SMILES string of the molecule is CC(=O)NC(Cc1c[nH]c2ccccc12)C(=O)Nc1ccc(S(=O)(=O)/N=C2\CCCN2C)cc1. The molecule has 1 unspecified atom stereocenters. The normalized spacial score (nSPS) is 16.1. The van der Waals surface area contributed by atoms with Crippen LogP contribution in [0.15, 0.2) is 64.0 Å². The molecule has 4 rings (SSSR count). The monoisotopic (exact) mass is 481 g/mol. The Morgan fingerprint density at radius 1 is 1.15 bits per heavy atom. The zero-order chi connectivity index (χ0) is 24.3. The fourth-order valence-electron chi connectivity index (χ4n) is 4.02. The van der Waals surface area contributed by atoms with E-state index in [0.29, 0.717) is 24.4 Å². The summed E-state index contributed by atoms with van der Waals surface area (Å²) in [7, 11) is -2.01. The average Bonchev–Trinajstić information content (AvgIpc) is 3.39. The number of carbonyl (C=O) groups is 2. The first-order valence-electron chi connectivity index (χ1n) is 11.0. The van der Waals surface area contributed by atoms with Crippen molar-refractivity contribution in [3.8, 4) is 0 Å². The lowest BCUT2D eigenvalue weighted by Crippen LogP contribution is -2.44. The Morgan fingerprint density at radius 3 is 2.56 bits per heavy atom. The summed E-state index contributed by atoms with van der Waals surface area (Å²) in [5, 5.41) is 6.45. The molecule has 1 aromatic heterocycles. The molecule has 2 aromatic carbocycles. The van der Waals surface area contributed by atoms with Crippen molar-refractivity contribution in [3.63, 3.8) is 0 Å². The molecule has 1 saturated heterocycles. The number of carbonyl (C=O) groups excluding carboxylic acids is 2. The molecule has 0 bridgehead atoms. The van der Waals surface area contributed by atoms with E-state index in [2.05, 4.69) is 20.0 Å². The van der Waals surface area contributed by atoms with E-state index >= 15 is 0 Å². The number of rotatable bonds is 7. The van der Waals surface area contributed by atoms with E-state index in [0.717, 1.165) is 29.4 Å². The lowest BCUT2D eigenvalue weighted by molar-refractivity contribution is -0.125. The molecule has 1 atom stereocenters. The van der Waals surface area contributed by atoms with Gasteiger partial charge in [0.05, 0.1) is 4.90 Å². The van der Waals surface area contributed by atoms with Gasteiger partial charge in [0.25, 0.3) is 10.0 Å². The Hall–Kier alpha value is -3.66. The highest BCUT2D eigenvalue weighted by Gasteiger charge is 2.23. The first-order valence-corrected chi connectivity index (χ1v) is 12.4. The minimum atomic E-state index is -3.84. The molecule has 0 radical (unpaired) electrons. The number of amidine groups is 1. The van der Waals surface area contributed by atoms with Crippen LogP contribution in [0.3, 0.4) is 0 Å². The highest BCUT2D eigenvalue weighted by Crippen LogP contribution is 2.21. The van der Waals surface area contributed by atoms with Gasteiger partial charge in [0, 0.05) is 56.1 Å². The maximum atomic E-state index is 13.0. The molecule has 34 heavy (non-hydrogen) atoms. The number of aromatic amines is 1. The first-order chi connectivity index (χ1) is 16.2. The smallest absolute Gasteiger partial charge is 0.283 e. The molecule has 0 spiro atoms. The van der Waals surface area contributed by atoms with E-state index in [1.807, 2.05) is 42.4 Å². The van der Waals surface area contributed by atoms with E-state index < -0.39 is 22.0 Å². The summed E-state index contributed by atoms with van der Waals surface area (Å²) in [6.07, 6.45) is 3.64. The topological polar surface area (TPSA) is 124 Å². The summed E-state index contributed by atoms with van der Waals surface area (Å²) in [4.78, 5) is 29.8. The van der Waals surface area contributed by atoms with Crippen molar-refractivity contribution in [1.29, 1.82) is 0 Å². The van der Waals surface area contributed by atoms with Crippen LogP contribution in [0.5, 0.6) is 0 Å². The molecule has 1 aliphatic heterocycles. The predicted octanol–water partition coefficient (Wildman–Crippen LogP) is 2.67. The largest absolute Gasteiger partial charge is 0.362 e. The third-order valence-electron chi connectivity index (χ3n) is 5.77. The standard InChI is InChI=1S/C24H27N5O4S/c1-16(30)26-22(14-17-15-25-21-7-4-3-6-20(17)21)24(31)27-18-9-11-19(12-10-18)34(32,33)28-23-8-5-13-29(23)2/h3-4,6-7,9-12,15,22,25H,5,8,13-14H2,1-2H3,(H,26,30)(H,27,31)/b28-23+. The second-order valence-electron chi connectivity index (χ2n) is 8.34. The Labute approximate surface area is 198 Å². The van der Waals surface area contributed by atoms with Crippen LogP contribution in [0, 0.1) is 0 Å². The van der Waals surface area contributed by atoms with Crippen LogP contribution in [-0.2, 0) is 26.0 Å². The quantitative estimate of drug-likeness (QED) is 0.479. The van der Waals surface area contributed by atoms with E-state index in [9.17, 15) is 18.0 Å². The Balaban J connectivity index is 1.49. The van der Waals surface area contributed by atoms with Crippen molar-refractivity contribution in [2.24, 2.45) is 4.40 Å². The number of fused-ring (bicyclic) bond motifs is 1. The fraction of sp³-hybridized carbons (Fsp3) is 0.292.